The third kappa shape index (κ3) is 5.25. The first kappa shape index (κ1) is 21.1. The molecule has 0 radical (unpaired) electrons. The minimum absolute atomic E-state index is 0.00375. The highest BCUT2D eigenvalue weighted by Crippen LogP contribution is 2.39. The van der Waals surface area contributed by atoms with Gasteiger partial charge in [0.2, 0.25) is 6.79 Å². The van der Waals surface area contributed by atoms with Gasteiger partial charge >= 0.3 is 6.61 Å². The maximum absolute atomic E-state index is 12.8. The second-order valence-corrected chi connectivity index (χ2v) is 6.13. The van der Waals surface area contributed by atoms with E-state index in [1.807, 2.05) is 6.92 Å². The van der Waals surface area contributed by atoms with Crippen LogP contribution in [0.3, 0.4) is 0 Å². The molecule has 1 heterocycles. The molecule has 2 aromatic carbocycles. The van der Waals surface area contributed by atoms with E-state index in [9.17, 15) is 18.9 Å². The summed E-state index contributed by atoms with van der Waals surface area (Å²) in [5.74, 6) is 1.03. The number of nitro groups is 1. The smallest absolute Gasteiger partial charge is 0.387 e. The number of benzene rings is 2. The van der Waals surface area contributed by atoms with Gasteiger partial charge in [-0.05, 0) is 13.0 Å². The van der Waals surface area contributed by atoms with Gasteiger partial charge in [0.05, 0.1) is 11.5 Å². The van der Waals surface area contributed by atoms with E-state index in [0.29, 0.717) is 35.1 Å². The topological polar surface area (TPSA) is 107 Å². The second kappa shape index (κ2) is 9.72. The van der Waals surface area contributed by atoms with E-state index in [-0.39, 0.29) is 31.3 Å². The van der Waals surface area contributed by atoms with Gasteiger partial charge in [-0.15, -0.1) is 0 Å². The zero-order chi connectivity index (χ0) is 21.5. The van der Waals surface area contributed by atoms with Crippen molar-refractivity contribution < 1.29 is 27.9 Å². The summed E-state index contributed by atoms with van der Waals surface area (Å²) in [6.07, 6.45) is 0. The van der Waals surface area contributed by atoms with Crippen LogP contribution < -0.4 is 24.8 Å². The number of nitrogens with zero attached hydrogens (tertiary/aromatic N) is 2. The van der Waals surface area contributed by atoms with Gasteiger partial charge in [-0.1, -0.05) is 18.2 Å². The molecule has 0 spiro atoms. The quantitative estimate of drug-likeness (QED) is 0.291. The lowest BCUT2D eigenvalue weighted by Gasteiger charge is -2.13. The molecule has 1 aliphatic rings. The fraction of sp³-hybridized carbons (Fsp3) is 0.316. The summed E-state index contributed by atoms with van der Waals surface area (Å²) in [5.41, 5.74) is 0.851. The van der Waals surface area contributed by atoms with Crippen LogP contribution >= 0.6 is 0 Å². The zero-order valence-corrected chi connectivity index (χ0v) is 16.1. The molecular formula is C19H20F2N4O5. The van der Waals surface area contributed by atoms with Crippen LogP contribution in [0.1, 0.15) is 18.1 Å². The predicted octanol–water partition coefficient (Wildman–Crippen LogP) is 3.18. The molecule has 1 aliphatic heterocycles. The number of para-hydroxylation sites is 1. The normalized spacial score (nSPS) is 12.7. The maximum Gasteiger partial charge on any atom is 0.387 e. The van der Waals surface area contributed by atoms with Gasteiger partial charge in [-0.25, -0.2) is 4.99 Å². The molecule has 0 aromatic heterocycles. The van der Waals surface area contributed by atoms with Gasteiger partial charge in [-0.2, -0.15) is 8.78 Å². The summed E-state index contributed by atoms with van der Waals surface area (Å²) in [6, 6.07) is 9.23. The Kier molecular flexibility index (Phi) is 6.83. The van der Waals surface area contributed by atoms with Crippen molar-refractivity contribution in [3.05, 3.63) is 57.6 Å². The zero-order valence-electron chi connectivity index (χ0n) is 16.1. The summed E-state index contributed by atoms with van der Waals surface area (Å²) in [4.78, 5) is 15.1. The molecule has 0 bridgehead atoms. The number of hydrogen-bond donors (Lipinski definition) is 2. The SMILES string of the molecule is CCNC(=NCc1cc2c(cc1OC(F)F)OCO2)NCc1ccccc1[N+](=O)[O-]. The van der Waals surface area contributed by atoms with Crippen molar-refractivity contribution in [1.82, 2.24) is 10.6 Å². The first-order valence-electron chi connectivity index (χ1n) is 9.09. The first-order valence-corrected chi connectivity index (χ1v) is 9.09. The first-order chi connectivity index (χ1) is 14.5. The van der Waals surface area contributed by atoms with Crippen molar-refractivity contribution in [2.24, 2.45) is 4.99 Å². The third-order valence-corrected chi connectivity index (χ3v) is 4.16. The van der Waals surface area contributed by atoms with Crippen molar-refractivity contribution in [2.45, 2.75) is 26.6 Å². The van der Waals surface area contributed by atoms with Gasteiger partial charge in [0.25, 0.3) is 5.69 Å². The standard InChI is InChI=1S/C19H20F2N4O5/c1-2-22-19(23-9-12-5-3-4-6-14(12)25(26)27)24-10-13-7-16-17(29-11-28-16)8-15(13)30-18(20)21/h3-8,18H,2,9-11H2,1H3,(H2,22,23,24). The number of fused-ring (bicyclic) bond motifs is 1. The molecule has 11 heteroatoms. The molecular weight excluding hydrogens is 402 g/mol. The van der Waals surface area contributed by atoms with Gasteiger partial charge in [-0.3, -0.25) is 10.1 Å². The number of ether oxygens (including phenoxy) is 3. The number of hydrogen-bond acceptors (Lipinski definition) is 6. The molecule has 2 N–H and O–H groups in total. The largest absolute Gasteiger partial charge is 0.454 e. The lowest BCUT2D eigenvalue weighted by atomic mass is 10.1. The van der Waals surface area contributed by atoms with Crippen LogP contribution in [0.2, 0.25) is 0 Å². The van der Waals surface area contributed by atoms with Crippen LogP contribution in [-0.4, -0.2) is 30.8 Å². The number of alkyl halides is 2. The second-order valence-electron chi connectivity index (χ2n) is 6.13. The van der Waals surface area contributed by atoms with E-state index in [1.54, 1.807) is 18.2 Å². The average molecular weight is 422 g/mol. The highest BCUT2D eigenvalue weighted by Gasteiger charge is 2.20. The van der Waals surface area contributed by atoms with Crippen molar-refractivity contribution >= 4 is 11.6 Å². The number of rotatable bonds is 8. The van der Waals surface area contributed by atoms with Gasteiger partial charge in [0.15, 0.2) is 17.5 Å². The van der Waals surface area contributed by atoms with Crippen LogP contribution in [0.5, 0.6) is 17.2 Å². The molecule has 0 fully saturated rings. The highest BCUT2D eigenvalue weighted by atomic mass is 19.3. The third-order valence-electron chi connectivity index (χ3n) is 4.16. The summed E-state index contributed by atoms with van der Waals surface area (Å²) >= 11 is 0. The molecule has 9 nitrogen and oxygen atoms in total. The number of guanidine groups is 1. The number of nitrogens with one attached hydrogen (secondary N) is 2. The molecule has 0 unspecified atom stereocenters. The summed E-state index contributed by atoms with van der Waals surface area (Å²) in [5, 5.41) is 17.2. The van der Waals surface area contributed by atoms with Crippen molar-refractivity contribution in [3.63, 3.8) is 0 Å². The minimum atomic E-state index is -3.00. The maximum atomic E-state index is 12.8. The molecule has 0 atom stereocenters. The van der Waals surface area contributed by atoms with Gasteiger partial charge in [0, 0.05) is 36.3 Å². The van der Waals surface area contributed by atoms with Gasteiger partial charge < -0.3 is 24.8 Å². The average Bonchev–Trinajstić information content (AvgIpc) is 3.16. The lowest BCUT2D eigenvalue weighted by molar-refractivity contribution is -0.385. The van der Waals surface area contributed by atoms with Crippen LogP contribution in [0.15, 0.2) is 41.4 Å². The van der Waals surface area contributed by atoms with Crippen molar-refractivity contribution in [1.29, 1.82) is 0 Å². The number of halogens is 2. The van der Waals surface area contributed by atoms with Gasteiger partial charge in [0.1, 0.15) is 5.75 Å². The Morgan fingerprint density at radius 1 is 1.23 bits per heavy atom. The Balaban J connectivity index is 1.77. The van der Waals surface area contributed by atoms with E-state index in [2.05, 4.69) is 20.4 Å². The molecule has 160 valence electrons. The Bertz CT molecular complexity index is 939. The van der Waals surface area contributed by atoms with E-state index in [4.69, 9.17) is 9.47 Å². The fourth-order valence-corrected chi connectivity index (χ4v) is 2.82. The van der Waals surface area contributed by atoms with Crippen LogP contribution in [0.25, 0.3) is 0 Å². The fourth-order valence-electron chi connectivity index (χ4n) is 2.82. The molecule has 30 heavy (non-hydrogen) atoms. The molecule has 2 aromatic rings. The van der Waals surface area contributed by atoms with E-state index >= 15 is 0 Å². The highest BCUT2D eigenvalue weighted by molar-refractivity contribution is 5.80. The lowest BCUT2D eigenvalue weighted by Crippen LogP contribution is -2.36. The molecule has 0 amide bonds. The van der Waals surface area contributed by atoms with Crippen LogP contribution in [0, 0.1) is 10.1 Å². The van der Waals surface area contributed by atoms with Crippen LogP contribution in [-0.2, 0) is 13.1 Å². The Labute approximate surface area is 170 Å². The monoisotopic (exact) mass is 422 g/mol. The molecule has 3 rings (SSSR count). The molecule has 0 saturated carbocycles. The van der Waals surface area contributed by atoms with E-state index in [1.165, 1.54) is 18.2 Å². The number of nitro benzene ring substituents is 1. The van der Waals surface area contributed by atoms with E-state index in [0.717, 1.165) is 0 Å². The Morgan fingerprint density at radius 2 is 1.97 bits per heavy atom. The minimum Gasteiger partial charge on any atom is -0.454 e. The number of aliphatic imine (C=N–C) groups is 1. The summed E-state index contributed by atoms with van der Waals surface area (Å²) < 4.78 is 40.6. The summed E-state index contributed by atoms with van der Waals surface area (Å²) in [7, 11) is 0. The van der Waals surface area contributed by atoms with E-state index < -0.39 is 11.5 Å². The molecule has 0 saturated heterocycles. The van der Waals surface area contributed by atoms with Crippen molar-refractivity contribution in [3.8, 4) is 17.2 Å². The summed E-state index contributed by atoms with van der Waals surface area (Å²) in [6.45, 7) is -0.456. The van der Waals surface area contributed by atoms with Crippen molar-refractivity contribution in [2.75, 3.05) is 13.3 Å². The Hall–Kier alpha value is -3.63. The predicted molar refractivity (Wildman–Crippen MR) is 104 cm³/mol. The Morgan fingerprint density at radius 3 is 2.67 bits per heavy atom. The van der Waals surface area contributed by atoms with Crippen LogP contribution in [0.4, 0.5) is 14.5 Å². The molecule has 0 aliphatic carbocycles.